The summed E-state index contributed by atoms with van der Waals surface area (Å²) >= 11 is 0. The van der Waals surface area contributed by atoms with Gasteiger partial charge in [-0.3, -0.25) is 4.79 Å². The molecule has 0 saturated carbocycles. The van der Waals surface area contributed by atoms with E-state index in [0.29, 0.717) is 13.0 Å². The van der Waals surface area contributed by atoms with Crippen LogP contribution in [0.4, 0.5) is 15.8 Å². The van der Waals surface area contributed by atoms with Crippen LogP contribution in [0, 0.1) is 5.82 Å². The Morgan fingerprint density at radius 3 is 2.62 bits per heavy atom. The van der Waals surface area contributed by atoms with Crippen LogP contribution in [0.25, 0.3) is 0 Å². The van der Waals surface area contributed by atoms with E-state index in [4.69, 9.17) is 0 Å². The number of amides is 1. The van der Waals surface area contributed by atoms with Gasteiger partial charge in [0, 0.05) is 43.5 Å². The lowest BCUT2D eigenvalue weighted by Gasteiger charge is -2.19. The van der Waals surface area contributed by atoms with Crippen LogP contribution < -0.4 is 15.5 Å². The zero-order valence-corrected chi connectivity index (χ0v) is 15.2. The molecule has 138 valence electrons. The molecule has 1 unspecified atom stereocenters. The quantitative estimate of drug-likeness (QED) is 0.791. The van der Waals surface area contributed by atoms with Crippen molar-refractivity contribution in [2.75, 3.05) is 23.3 Å². The molecule has 1 saturated heterocycles. The number of carbonyl (C=O) groups excluding carboxylic acids is 1. The van der Waals surface area contributed by atoms with E-state index in [1.54, 1.807) is 12.1 Å². The minimum absolute atomic E-state index is 0.0114. The number of hydrogen-bond donors (Lipinski definition) is 2. The Labute approximate surface area is 154 Å². The molecule has 1 aliphatic heterocycles. The Morgan fingerprint density at radius 2 is 1.88 bits per heavy atom. The highest BCUT2D eigenvalue weighted by molar-refractivity contribution is 5.91. The first-order valence-corrected chi connectivity index (χ1v) is 9.23. The van der Waals surface area contributed by atoms with Crippen LogP contribution in [0.5, 0.6) is 0 Å². The third-order valence-corrected chi connectivity index (χ3v) is 4.66. The molecular formula is C21H26FN3O. The predicted molar refractivity (Wildman–Crippen MR) is 104 cm³/mol. The highest BCUT2D eigenvalue weighted by atomic mass is 19.1. The fraction of sp³-hybridized carbons (Fsp3) is 0.381. The second kappa shape index (κ2) is 8.81. The van der Waals surface area contributed by atoms with Gasteiger partial charge in [-0.1, -0.05) is 18.2 Å². The van der Waals surface area contributed by atoms with Crippen molar-refractivity contribution in [1.82, 2.24) is 5.32 Å². The fourth-order valence-corrected chi connectivity index (χ4v) is 3.21. The number of carbonyl (C=O) groups is 1. The maximum atomic E-state index is 12.9. The summed E-state index contributed by atoms with van der Waals surface area (Å²) in [6, 6.07) is 14.5. The molecule has 2 N–H and O–H groups in total. The predicted octanol–water partition coefficient (Wildman–Crippen LogP) is 3.93. The summed E-state index contributed by atoms with van der Waals surface area (Å²) in [5.74, 6) is -0.250. The highest BCUT2D eigenvalue weighted by Crippen LogP contribution is 2.23. The molecule has 26 heavy (non-hydrogen) atoms. The summed E-state index contributed by atoms with van der Waals surface area (Å²) in [7, 11) is 0. The molecule has 0 bridgehead atoms. The lowest BCUT2D eigenvalue weighted by atomic mass is 10.1. The van der Waals surface area contributed by atoms with Crippen molar-refractivity contribution in [1.29, 1.82) is 0 Å². The summed E-state index contributed by atoms with van der Waals surface area (Å²) in [5, 5.41) is 6.29. The monoisotopic (exact) mass is 355 g/mol. The minimum atomic E-state index is -0.239. The smallest absolute Gasteiger partial charge is 0.225 e. The van der Waals surface area contributed by atoms with Crippen molar-refractivity contribution >= 4 is 17.3 Å². The average molecular weight is 355 g/mol. The molecule has 2 aromatic rings. The molecule has 0 aromatic heterocycles. The fourth-order valence-electron chi connectivity index (χ4n) is 3.21. The maximum absolute atomic E-state index is 12.9. The molecule has 4 nitrogen and oxygen atoms in total. The lowest BCUT2D eigenvalue weighted by Crippen LogP contribution is -2.30. The standard InChI is InChI=1S/C21H26FN3O/c1-16(23-15-17-7-9-18(22)10-8-17)13-21(26)24-19-5-4-6-20(14-19)25-11-2-3-12-25/h4-10,14,16,23H,2-3,11-13,15H2,1H3,(H,24,26). The number of halogens is 1. The van der Waals surface area contributed by atoms with Gasteiger partial charge < -0.3 is 15.5 Å². The molecule has 5 heteroatoms. The van der Waals surface area contributed by atoms with Gasteiger partial charge in [-0.05, 0) is 55.7 Å². The number of anilines is 2. The number of nitrogens with zero attached hydrogens (tertiary/aromatic N) is 1. The molecule has 1 atom stereocenters. The summed E-state index contributed by atoms with van der Waals surface area (Å²) in [4.78, 5) is 14.6. The lowest BCUT2D eigenvalue weighted by molar-refractivity contribution is -0.116. The Balaban J connectivity index is 1.47. The maximum Gasteiger partial charge on any atom is 0.225 e. The molecule has 3 rings (SSSR count). The summed E-state index contributed by atoms with van der Waals surface area (Å²) in [5.41, 5.74) is 3.00. The van der Waals surface area contributed by atoms with Gasteiger partial charge >= 0.3 is 0 Å². The van der Waals surface area contributed by atoms with E-state index < -0.39 is 0 Å². The van der Waals surface area contributed by atoms with Crippen LogP contribution >= 0.6 is 0 Å². The molecule has 0 aliphatic carbocycles. The first-order chi connectivity index (χ1) is 12.6. The second-order valence-corrected chi connectivity index (χ2v) is 6.91. The molecule has 2 aromatic carbocycles. The van der Waals surface area contributed by atoms with E-state index in [1.165, 1.54) is 30.7 Å². The highest BCUT2D eigenvalue weighted by Gasteiger charge is 2.13. The molecule has 1 fully saturated rings. The van der Waals surface area contributed by atoms with Crippen LogP contribution in [-0.2, 0) is 11.3 Å². The van der Waals surface area contributed by atoms with Crippen LogP contribution in [0.2, 0.25) is 0 Å². The van der Waals surface area contributed by atoms with Gasteiger partial charge in [0.2, 0.25) is 5.91 Å². The normalized spacial score (nSPS) is 15.1. The zero-order chi connectivity index (χ0) is 18.4. The number of benzene rings is 2. The van der Waals surface area contributed by atoms with E-state index in [1.807, 2.05) is 25.1 Å². The van der Waals surface area contributed by atoms with Crippen LogP contribution in [0.1, 0.15) is 31.7 Å². The average Bonchev–Trinajstić information content (AvgIpc) is 3.16. The Bertz CT molecular complexity index is 726. The van der Waals surface area contributed by atoms with Gasteiger partial charge in [0.1, 0.15) is 5.82 Å². The van der Waals surface area contributed by atoms with Crippen molar-refractivity contribution in [2.24, 2.45) is 0 Å². The van der Waals surface area contributed by atoms with E-state index >= 15 is 0 Å². The Morgan fingerprint density at radius 1 is 1.15 bits per heavy atom. The van der Waals surface area contributed by atoms with E-state index in [2.05, 4.69) is 21.6 Å². The van der Waals surface area contributed by atoms with Gasteiger partial charge in [-0.15, -0.1) is 0 Å². The minimum Gasteiger partial charge on any atom is -0.371 e. The number of nitrogens with one attached hydrogen (secondary N) is 2. The summed E-state index contributed by atoms with van der Waals surface area (Å²) in [6.07, 6.45) is 2.84. The third kappa shape index (κ3) is 5.30. The number of rotatable bonds is 7. The van der Waals surface area contributed by atoms with Gasteiger partial charge in [0.15, 0.2) is 0 Å². The van der Waals surface area contributed by atoms with Crippen LogP contribution in [0.3, 0.4) is 0 Å². The Kier molecular flexibility index (Phi) is 6.23. The van der Waals surface area contributed by atoms with Gasteiger partial charge in [0.25, 0.3) is 0 Å². The molecule has 0 spiro atoms. The first-order valence-electron chi connectivity index (χ1n) is 9.23. The first kappa shape index (κ1) is 18.4. The van der Waals surface area contributed by atoms with Crippen LogP contribution in [0.15, 0.2) is 48.5 Å². The molecule has 1 heterocycles. The largest absolute Gasteiger partial charge is 0.371 e. The van der Waals surface area contributed by atoms with Crippen LogP contribution in [-0.4, -0.2) is 25.0 Å². The molecular weight excluding hydrogens is 329 g/mol. The molecule has 0 radical (unpaired) electrons. The van der Waals surface area contributed by atoms with Gasteiger partial charge in [-0.25, -0.2) is 4.39 Å². The SMILES string of the molecule is CC(CC(=O)Nc1cccc(N2CCCC2)c1)NCc1ccc(F)cc1. The molecule has 1 amide bonds. The van der Waals surface area contributed by atoms with E-state index in [9.17, 15) is 9.18 Å². The summed E-state index contributed by atoms with van der Waals surface area (Å²) < 4.78 is 12.9. The third-order valence-electron chi connectivity index (χ3n) is 4.66. The van der Waals surface area contributed by atoms with Crippen molar-refractivity contribution in [3.63, 3.8) is 0 Å². The van der Waals surface area contributed by atoms with Crippen molar-refractivity contribution in [3.05, 3.63) is 59.9 Å². The number of hydrogen-bond acceptors (Lipinski definition) is 3. The molecule has 1 aliphatic rings. The van der Waals surface area contributed by atoms with Crippen molar-refractivity contribution in [3.8, 4) is 0 Å². The second-order valence-electron chi connectivity index (χ2n) is 6.91. The van der Waals surface area contributed by atoms with Crippen molar-refractivity contribution < 1.29 is 9.18 Å². The zero-order valence-electron chi connectivity index (χ0n) is 15.2. The van der Waals surface area contributed by atoms with E-state index in [0.717, 1.165) is 24.3 Å². The van der Waals surface area contributed by atoms with Crippen molar-refractivity contribution in [2.45, 2.75) is 38.8 Å². The van der Waals surface area contributed by atoms with E-state index in [-0.39, 0.29) is 17.8 Å². The topological polar surface area (TPSA) is 44.4 Å². The Hall–Kier alpha value is -2.40. The summed E-state index contributed by atoms with van der Waals surface area (Å²) in [6.45, 7) is 4.76. The van der Waals surface area contributed by atoms with Gasteiger partial charge in [-0.2, -0.15) is 0 Å². The van der Waals surface area contributed by atoms with Gasteiger partial charge in [0.05, 0.1) is 0 Å².